The molecule has 0 aliphatic heterocycles. The molecule has 0 saturated heterocycles. The van der Waals surface area contributed by atoms with Crippen LogP contribution in [0.5, 0.6) is 0 Å². The minimum absolute atomic E-state index is 0.600. The van der Waals surface area contributed by atoms with Crippen molar-refractivity contribution in [3.05, 3.63) is 95.1 Å². The van der Waals surface area contributed by atoms with Gasteiger partial charge in [0, 0.05) is 6.42 Å². The van der Waals surface area contributed by atoms with Crippen LogP contribution in [0, 0.1) is 6.92 Å². The van der Waals surface area contributed by atoms with Crippen molar-refractivity contribution in [2.45, 2.75) is 18.9 Å². The van der Waals surface area contributed by atoms with Gasteiger partial charge >= 0.3 is 0 Å². The van der Waals surface area contributed by atoms with Crippen molar-refractivity contribution in [2.24, 2.45) is 0 Å². The zero-order chi connectivity index (χ0) is 15.2. The molecule has 0 fully saturated rings. The monoisotopic (exact) mass is 286 g/mol. The Bertz CT molecular complexity index is 836. The maximum Gasteiger partial charge on any atom is 0.120 e. The van der Waals surface area contributed by atoms with Gasteiger partial charge in [-0.1, -0.05) is 72.8 Å². The summed E-state index contributed by atoms with van der Waals surface area (Å²) in [6.45, 7) is 2.08. The van der Waals surface area contributed by atoms with Crippen molar-refractivity contribution in [2.75, 3.05) is 0 Å². The van der Waals surface area contributed by atoms with E-state index in [2.05, 4.69) is 49.4 Å². The highest BCUT2D eigenvalue weighted by Gasteiger charge is 2.42. The lowest BCUT2D eigenvalue weighted by Gasteiger charge is -2.27. The fourth-order valence-corrected chi connectivity index (χ4v) is 3.73. The minimum Gasteiger partial charge on any atom is -0.380 e. The van der Waals surface area contributed by atoms with Crippen LogP contribution in [0.1, 0.15) is 22.3 Å². The minimum atomic E-state index is -0.946. The third-order valence-corrected chi connectivity index (χ3v) is 4.65. The van der Waals surface area contributed by atoms with E-state index in [1.807, 2.05) is 30.3 Å². The maximum atomic E-state index is 11.6. The number of rotatable bonds is 2. The van der Waals surface area contributed by atoms with Crippen molar-refractivity contribution in [1.29, 1.82) is 0 Å². The summed E-state index contributed by atoms with van der Waals surface area (Å²) in [5, 5.41) is 11.6. The maximum absolute atomic E-state index is 11.6. The Morgan fingerprint density at radius 1 is 0.773 bits per heavy atom. The molecule has 1 nitrogen and oxygen atoms in total. The van der Waals surface area contributed by atoms with E-state index in [0.717, 1.165) is 33.4 Å². The molecule has 1 aliphatic carbocycles. The SMILES string of the molecule is Cc1cccc2c1C(O)(Cc1ccccc1)c1ccccc1-2. The molecule has 1 unspecified atom stereocenters. The molecule has 1 N–H and O–H groups in total. The lowest BCUT2D eigenvalue weighted by molar-refractivity contribution is 0.0854. The number of aliphatic hydroxyl groups is 1. The summed E-state index contributed by atoms with van der Waals surface area (Å²) in [7, 11) is 0. The lowest BCUT2D eigenvalue weighted by atomic mass is 9.83. The quantitative estimate of drug-likeness (QED) is 0.737. The number of benzene rings is 3. The summed E-state index contributed by atoms with van der Waals surface area (Å²) in [6, 6.07) is 24.7. The zero-order valence-corrected chi connectivity index (χ0v) is 12.6. The second kappa shape index (κ2) is 4.82. The van der Waals surface area contributed by atoms with E-state index in [1.165, 1.54) is 0 Å². The number of hydrogen-bond acceptors (Lipinski definition) is 1. The topological polar surface area (TPSA) is 20.2 Å². The van der Waals surface area contributed by atoms with E-state index in [9.17, 15) is 5.11 Å². The second-order valence-electron chi connectivity index (χ2n) is 6.07. The first-order chi connectivity index (χ1) is 10.7. The van der Waals surface area contributed by atoms with E-state index < -0.39 is 5.60 Å². The van der Waals surface area contributed by atoms with Gasteiger partial charge in [0.05, 0.1) is 0 Å². The van der Waals surface area contributed by atoms with Crippen LogP contribution in [-0.4, -0.2) is 5.11 Å². The van der Waals surface area contributed by atoms with Crippen LogP contribution in [0.4, 0.5) is 0 Å². The van der Waals surface area contributed by atoms with Gasteiger partial charge in [-0.15, -0.1) is 0 Å². The van der Waals surface area contributed by atoms with Crippen LogP contribution >= 0.6 is 0 Å². The molecule has 4 rings (SSSR count). The molecule has 1 atom stereocenters. The average molecular weight is 286 g/mol. The van der Waals surface area contributed by atoms with Crippen molar-refractivity contribution in [3.63, 3.8) is 0 Å². The molecule has 0 aromatic heterocycles. The van der Waals surface area contributed by atoms with Gasteiger partial charge in [-0.3, -0.25) is 0 Å². The summed E-state index contributed by atoms with van der Waals surface area (Å²) >= 11 is 0. The van der Waals surface area contributed by atoms with Gasteiger partial charge in [-0.2, -0.15) is 0 Å². The molecule has 0 saturated carbocycles. The van der Waals surface area contributed by atoms with E-state index in [0.29, 0.717) is 6.42 Å². The molecule has 3 aromatic rings. The van der Waals surface area contributed by atoms with Crippen molar-refractivity contribution in [1.82, 2.24) is 0 Å². The molecule has 0 spiro atoms. The number of hydrogen-bond donors (Lipinski definition) is 1. The van der Waals surface area contributed by atoms with Gasteiger partial charge in [-0.25, -0.2) is 0 Å². The van der Waals surface area contributed by atoms with Crippen LogP contribution in [0.15, 0.2) is 72.8 Å². The largest absolute Gasteiger partial charge is 0.380 e. The predicted molar refractivity (Wildman–Crippen MR) is 89.8 cm³/mol. The van der Waals surface area contributed by atoms with Crippen LogP contribution in [0.25, 0.3) is 11.1 Å². The molecular formula is C21H18O. The highest BCUT2D eigenvalue weighted by molar-refractivity contribution is 5.81. The first-order valence-electron chi connectivity index (χ1n) is 7.66. The highest BCUT2D eigenvalue weighted by atomic mass is 16.3. The first kappa shape index (κ1) is 13.3. The first-order valence-corrected chi connectivity index (χ1v) is 7.66. The zero-order valence-electron chi connectivity index (χ0n) is 12.6. The molecule has 108 valence electrons. The van der Waals surface area contributed by atoms with Gasteiger partial charge in [0.25, 0.3) is 0 Å². The molecule has 0 bridgehead atoms. The van der Waals surface area contributed by atoms with E-state index in [1.54, 1.807) is 0 Å². The van der Waals surface area contributed by atoms with Crippen molar-refractivity contribution >= 4 is 0 Å². The molecule has 1 aliphatic rings. The fourth-order valence-electron chi connectivity index (χ4n) is 3.73. The van der Waals surface area contributed by atoms with Crippen LogP contribution in [-0.2, 0) is 12.0 Å². The standard InChI is InChI=1S/C21H18O/c1-15-8-7-12-18-17-11-5-6-13-19(17)21(22,20(15)18)14-16-9-3-2-4-10-16/h2-13,22H,14H2,1H3. The van der Waals surface area contributed by atoms with Gasteiger partial charge in [0.1, 0.15) is 5.60 Å². The Morgan fingerprint density at radius 3 is 2.27 bits per heavy atom. The number of fused-ring (bicyclic) bond motifs is 3. The molecule has 0 heterocycles. The predicted octanol–water partition coefficient (Wildman–Crippen LogP) is 4.45. The van der Waals surface area contributed by atoms with Crippen molar-refractivity contribution in [3.8, 4) is 11.1 Å². The Labute approximate surface area is 130 Å². The van der Waals surface area contributed by atoms with Crippen LogP contribution < -0.4 is 0 Å². The summed E-state index contributed by atoms with van der Waals surface area (Å²) < 4.78 is 0. The van der Waals surface area contributed by atoms with E-state index in [4.69, 9.17) is 0 Å². The summed E-state index contributed by atoms with van der Waals surface area (Å²) in [6.07, 6.45) is 0.600. The van der Waals surface area contributed by atoms with Gasteiger partial charge in [-0.05, 0) is 40.3 Å². The normalized spacial score (nSPS) is 18.8. The summed E-state index contributed by atoms with van der Waals surface area (Å²) in [5.74, 6) is 0. The molecule has 22 heavy (non-hydrogen) atoms. The third-order valence-electron chi connectivity index (χ3n) is 4.65. The van der Waals surface area contributed by atoms with Gasteiger partial charge < -0.3 is 5.11 Å². The Morgan fingerprint density at radius 2 is 1.45 bits per heavy atom. The Balaban J connectivity index is 1.96. The molecule has 0 amide bonds. The van der Waals surface area contributed by atoms with E-state index >= 15 is 0 Å². The van der Waals surface area contributed by atoms with Crippen molar-refractivity contribution < 1.29 is 5.11 Å². The molecule has 0 radical (unpaired) electrons. The smallest absolute Gasteiger partial charge is 0.120 e. The lowest BCUT2D eigenvalue weighted by Crippen LogP contribution is -2.28. The van der Waals surface area contributed by atoms with E-state index in [-0.39, 0.29) is 0 Å². The summed E-state index contributed by atoms with van der Waals surface area (Å²) in [5.41, 5.74) is 5.73. The highest BCUT2D eigenvalue weighted by Crippen LogP contribution is 2.50. The van der Waals surface area contributed by atoms with Gasteiger partial charge in [0.2, 0.25) is 0 Å². The second-order valence-corrected chi connectivity index (χ2v) is 6.07. The van der Waals surface area contributed by atoms with Crippen LogP contribution in [0.2, 0.25) is 0 Å². The molecule has 3 aromatic carbocycles. The van der Waals surface area contributed by atoms with Crippen LogP contribution in [0.3, 0.4) is 0 Å². The average Bonchev–Trinajstić information content (AvgIpc) is 2.80. The fraction of sp³-hybridized carbons (Fsp3) is 0.143. The number of aryl methyl sites for hydroxylation is 1. The Kier molecular flexibility index (Phi) is 2.91. The molecule has 1 heteroatoms. The van der Waals surface area contributed by atoms with Gasteiger partial charge in [0.15, 0.2) is 0 Å². The third kappa shape index (κ3) is 1.83. The molecular weight excluding hydrogens is 268 g/mol. The Hall–Kier alpha value is -2.38. The summed E-state index contributed by atoms with van der Waals surface area (Å²) in [4.78, 5) is 0.